The SMILES string of the molecule is CCC1(C2CCC3CCCCC3C2)CCCCC1.CCC1(C2CCCC3CCCCC32)CCCCC1. The van der Waals surface area contributed by atoms with Crippen LogP contribution in [0.5, 0.6) is 0 Å². The quantitative estimate of drug-likeness (QED) is 0.363. The standard InChI is InChI=1S/2C18H32/c1-2-18(13-6-3-7-14-18)17-12-8-10-15-9-4-5-11-16(15)17;1-2-18(12-6-3-7-13-18)17-11-10-15-8-4-5-9-16(15)14-17/h2*15-17H,2-14H2,1H3. The topological polar surface area (TPSA) is 0 Å². The molecule has 0 aromatic carbocycles. The average Bonchev–Trinajstić information content (AvgIpc) is 2.97. The van der Waals surface area contributed by atoms with Gasteiger partial charge in [-0.05, 0) is 104 Å². The van der Waals surface area contributed by atoms with E-state index in [0.717, 1.165) is 46.3 Å². The fourth-order valence-electron chi connectivity index (χ4n) is 11.7. The maximum Gasteiger partial charge on any atom is -0.0269 e. The van der Waals surface area contributed by atoms with E-state index in [1.54, 1.807) is 89.9 Å². The minimum atomic E-state index is 0.777. The molecule has 6 aliphatic carbocycles. The van der Waals surface area contributed by atoms with Gasteiger partial charge in [0.15, 0.2) is 0 Å². The Hall–Kier alpha value is 0. The van der Waals surface area contributed by atoms with Crippen LogP contribution in [0.4, 0.5) is 0 Å². The first-order valence-corrected chi connectivity index (χ1v) is 17.7. The largest absolute Gasteiger partial charge is 0.0648 e. The lowest BCUT2D eigenvalue weighted by atomic mass is 9.53. The highest BCUT2D eigenvalue weighted by Crippen LogP contribution is 2.57. The fourth-order valence-corrected chi connectivity index (χ4v) is 11.7. The van der Waals surface area contributed by atoms with E-state index in [4.69, 9.17) is 0 Å². The molecule has 0 spiro atoms. The summed E-state index contributed by atoms with van der Waals surface area (Å²) in [5.74, 6) is 6.73. The lowest BCUT2D eigenvalue weighted by Crippen LogP contribution is -2.43. The van der Waals surface area contributed by atoms with E-state index in [9.17, 15) is 0 Å². The second-order valence-electron chi connectivity index (χ2n) is 15.1. The average molecular weight is 497 g/mol. The van der Waals surface area contributed by atoms with Crippen LogP contribution in [-0.2, 0) is 0 Å². The molecule has 0 amide bonds. The van der Waals surface area contributed by atoms with Gasteiger partial charge in [-0.2, -0.15) is 0 Å². The van der Waals surface area contributed by atoms with E-state index in [2.05, 4.69) is 13.8 Å². The Balaban J connectivity index is 0.000000148. The number of hydrogen-bond donors (Lipinski definition) is 0. The maximum absolute atomic E-state index is 2.50. The molecule has 208 valence electrons. The van der Waals surface area contributed by atoms with Gasteiger partial charge in [-0.3, -0.25) is 0 Å². The third kappa shape index (κ3) is 5.93. The molecule has 0 nitrogen and oxygen atoms in total. The van der Waals surface area contributed by atoms with Gasteiger partial charge in [-0.1, -0.05) is 123 Å². The van der Waals surface area contributed by atoms with Crippen LogP contribution in [-0.4, -0.2) is 0 Å². The van der Waals surface area contributed by atoms with Gasteiger partial charge < -0.3 is 0 Å². The molecular formula is C36H64. The summed E-state index contributed by atoms with van der Waals surface area (Å²) in [4.78, 5) is 0. The summed E-state index contributed by atoms with van der Waals surface area (Å²) in [6.07, 6.45) is 40.2. The Morgan fingerprint density at radius 3 is 1.67 bits per heavy atom. The zero-order chi connectivity index (χ0) is 24.8. The van der Waals surface area contributed by atoms with Crippen LogP contribution in [0.15, 0.2) is 0 Å². The molecule has 0 radical (unpaired) electrons. The van der Waals surface area contributed by atoms with Crippen LogP contribution in [0.25, 0.3) is 0 Å². The molecule has 6 aliphatic rings. The zero-order valence-corrected chi connectivity index (χ0v) is 24.8. The van der Waals surface area contributed by atoms with Crippen LogP contribution >= 0.6 is 0 Å². The van der Waals surface area contributed by atoms with Gasteiger partial charge >= 0.3 is 0 Å². The molecule has 0 heteroatoms. The first kappa shape index (κ1) is 27.6. The monoisotopic (exact) mass is 497 g/mol. The Labute approximate surface area is 226 Å². The fraction of sp³-hybridized carbons (Fsp3) is 1.00. The molecule has 0 N–H and O–H groups in total. The van der Waals surface area contributed by atoms with Gasteiger partial charge in [0.05, 0.1) is 0 Å². The third-order valence-electron chi connectivity index (χ3n) is 13.9. The molecule has 0 aromatic rings. The number of fused-ring (bicyclic) bond motifs is 2. The Kier molecular flexibility index (Phi) is 9.88. The van der Waals surface area contributed by atoms with Crippen molar-refractivity contribution in [3.8, 4) is 0 Å². The van der Waals surface area contributed by atoms with Crippen molar-refractivity contribution < 1.29 is 0 Å². The van der Waals surface area contributed by atoms with E-state index in [-0.39, 0.29) is 0 Å². The molecule has 6 rings (SSSR count). The van der Waals surface area contributed by atoms with Crippen molar-refractivity contribution in [2.75, 3.05) is 0 Å². The minimum Gasteiger partial charge on any atom is -0.0648 e. The Morgan fingerprint density at radius 2 is 1.00 bits per heavy atom. The Morgan fingerprint density at radius 1 is 0.444 bits per heavy atom. The lowest BCUT2D eigenvalue weighted by Gasteiger charge is -2.52. The predicted octanol–water partition coefficient (Wildman–Crippen LogP) is 11.9. The summed E-state index contributed by atoms with van der Waals surface area (Å²) in [6, 6.07) is 0. The molecule has 0 aliphatic heterocycles. The first-order chi connectivity index (χ1) is 17.7. The zero-order valence-electron chi connectivity index (χ0n) is 24.8. The summed E-state index contributed by atoms with van der Waals surface area (Å²) in [5, 5.41) is 0. The summed E-state index contributed by atoms with van der Waals surface area (Å²) in [5.41, 5.74) is 1.56. The lowest BCUT2D eigenvalue weighted by molar-refractivity contribution is -0.0211. The summed E-state index contributed by atoms with van der Waals surface area (Å²) < 4.78 is 0. The van der Waals surface area contributed by atoms with E-state index >= 15 is 0 Å². The molecule has 6 atom stereocenters. The van der Waals surface area contributed by atoms with Crippen LogP contribution < -0.4 is 0 Å². The molecule has 36 heavy (non-hydrogen) atoms. The molecule has 6 unspecified atom stereocenters. The molecule has 0 bridgehead atoms. The second kappa shape index (κ2) is 12.9. The summed E-state index contributed by atoms with van der Waals surface area (Å²) in [6.45, 7) is 4.98. The number of hydrogen-bond acceptors (Lipinski definition) is 0. The Bertz CT molecular complexity index is 630. The van der Waals surface area contributed by atoms with Gasteiger partial charge in [-0.15, -0.1) is 0 Å². The van der Waals surface area contributed by atoms with Gasteiger partial charge in [-0.25, -0.2) is 0 Å². The van der Waals surface area contributed by atoms with Crippen LogP contribution in [0.3, 0.4) is 0 Å². The summed E-state index contributed by atoms with van der Waals surface area (Å²) in [7, 11) is 0. The smallest absolute Gasteiger partial charge is 0.0269 e. The number of rotatable bonds is 4. The van der Waals surface area contributed by atoms with Gasteiger partial charge in [0.1, 0.15) is 0 Å². The molecule has 0 heterocycles. The second-order valence-corrected chi connectivity index (χ2v) is 15.1. The van der Waals surface area contributed by atoms with Crippen molar-refractivity contribution in [3.63, 3.8) is 0 Å². The molecule has 6 fully saturated rings. The highest BCUT2D eigenvalue weighted by Gasteiger charge is 2.46. The molecule has 6 saturated carbocycles. The van der Waals surface area contributed by atoms with Crippen molar-refractivity contribution in [1.82, 2.24) is 0 Å². The van der Waals surface area contributed by atoms with E-state index < -0.39 is 0 Å². The van der Waals surface area contributed by atoms with E-state index in [1.165, 1.54) is 77.0 Å². The van der Waals surface area contributed by atoms with Crippen molar-refractivity contribution in [3.05, 3.63) is 0 Å². The van der Waals surface area contributed by atoms with Crippen molar-refractivity contribution >= 4 is 0 Å². The van der Waals surface area contributed by atoms with Gasteiger partial charge in [0.2, 0.25) is 0 Å². The van der Waals surface area contributed by atoms with Gasteiger partial charge in [0, 0.05) is 0 Å². The van der Waals surface area contributed by atoms with Gasteiger partial charge in [0.25, 0.3) is 0 Å². The summed E-state index contributed by atoms with van der Waals surface area (Å²) >= 11 is 0. The highest BCUT2D eigenvalue weighted by atomic mass is 14.5. The van der Waals surface area contributed by atoms with Crippen LogP contribution in [0.2, 0.25) is 0 Å². The molecular weight excluding hydrogens is 432 g/mol. The minimum absolute atomic E-state index is 0.777. The molecule has 0 aromatic heterocycles. The molecule has 0 saturated heterocycles. The third-order valence-corrected chi connectivity index (χ3v) is 13.9. The van der Waals surface area contributed by atoms with Crippen molar-refractivity contribution in [2.24, 2.45) is 46.3 Å². The van der Waals surface area contributed by atoms with E-state index in [1.807, 2.05) is 0 Å². The predicted molar refractivity (Wildman–Crippen MR) is 157 cm³/mol. The van der Waals surface area contributed by atoms with E-state index in [0.29, 0.717) is 0 Å². The first-order valence-electron chi connectivity index (χ1n) is 17.7. The highest BCUT2D eigenvalue weighted by molar-refractivity contribution is 4.97. The van der Waals surface area contributed by atoms with Crippen molar-refractivity contribution in [2.45, 2.75) is 181 Å². The maximum atomic E-state index is 2.50. The van der Waals surface area contributed by atoms with Crippen molar-refractivity contribution in [1.29, 1.82) is 0 Å². The van der Waals surface area contributed by atoms with Crippen LogP contribution in [0, 0.1) is 46.3 Å². The normalized spacial score (nSPS) is 40.2. The van der Waals surface area contributed by atoms with Crippen LogP contribution in [0.1, 0.15) is 181 Å².